The van der Waals surface area contributed by atoms with Crippen LogP contribution in [0.15, 0.2) is 60.7 Å². The number of carbonyl (C=O) groups is 1. The average Bonchev–Trinajstić information content (AvgIpc) is 2.82. The average molecular weight is 462 g/mol. The van der Waals surface area contributed by atoms with Crippen molar-refractivity contribution >= 4 is 29.0 Å². The molecule has 3 heteroatoms. The Balaban J connectivity index is 1.80. The first-order valence-electron chi connectivity index (χ1n) is 12.1. The van der Waals surface area contributed by atoms with Crippen LogP contribution in [0.1, 0.15) is 95.1 Å². The van der Waals surface area contributed by atoms with Gasteiger partial charge >= 0.3 is 0 Å². The maximum Gasteiger partial charge on any atom is 0.180 e. The Bertz CT molecular complexity index is 690. The molecule has 170 valence electrons. The number of hydrogen-bond donors (Lipinski definition) is 0. The van der Waals surface area contributed by atoms with Crippen molar-refractivity contribution in [3.05, 3.63) is 71.8 Å². The number of ketones is 1. The monoisotopic (exact) mass is 460 g/mol. The van der Waals surface area contributed by atoms with Gasteiger partial charge in [-0.1, -0.05) is 138 Å². The highest BCUT2D eigenvalue weighted by Gasteiger charge is 2.42. The van der Waals surface area contributed by atoms with Crippen LogP contribution in [0.25, 0.3) is 0 Å². The fraction of sp³-hybridized carbons (Fsp3) is 0.536. The van der Waals surface area contributed by atoms with Gasteiger partial charge in [0, 0.05) is 0 Å². The molecule has 1 nitrogen and oxygen atoms in total. The molecule has 0 saturated carbocycles. The summed E-state index contributed by atoms with van der Waals surface area (Å²) in [5.41, 5.74) is 1.55. The molecule has 0 radical (unpaired) electrons. The van der Waals surface area contributed by atoms with Gasteiger partial charge in [-0.05, 0) is 17.5 Å². The van der Waals surface area contributed by atoms with Gasteiger partial charge in [-0.15, -0.1) is 23.2 Å². The molecule has 2 aromatic carbocycles. The summed E-state index contributed by atoms with van der Waals surface area (Å²) in [7, 11) is 0. The lowest BCUT2D eigenvalue weighted by atomic mass is 9.84. The maximum atomic E-state index is 13.4. The van der Waals surface area contributed by atoms with E-state index in [1.807, 2.05) is 60.7 Å². The van der Waals surface area contributed by atoms with Gasteiger partial charge in [0.1, 0.15) is 0 Å². The molecular formula is C28H38Cl2O. The van der Waals surface area contributed by atoms with Crippen molar-refractivity contribution in [3.63, 3.8) is 0 Å². The number of halogens is 2. The summed E-state index contributed by atoms with van der Waals surface area (Å²) < 4.78 is 0. The van der Waals surface area contributed by atoms with E-state index in [0.29, 0.717) is 6.42 Å². The first kappa shape index (κ1) is 25.9. The summed E-state index contributed by atoms with van der Waals surface area (Å²) in [6, 6.07) is 19.1. The van der Waals surface area contributed by atoms with E-state index in [1.54, 1.807) is 0 Å². The van der Waals surface area contributed by atoms with Crippen LogP contribution in [0, 0.1) is 0 Å². The third kappa shape index (κ3) is 8.28. The molecule has 0 amide bonds. The van der Waals surface area contributed by atoms with E-state index in [2.05, 4.69) is 6.92 Å². The fourth-order valence-electron chi connectivity index (χ4n) is 4.12. The molecule has 0 aliphatic heterocycles. The molecule has 0 bridgehead atoms. The van der Waals surface area contributed by atoms with Crippen molar-refractivity contribution in [2.45, 2.75) is 94.2 Å². The minimum atomic E-state index is -1.24. The highest BCUT2D eigenvalue weighted by Crippen LogP contribution is 2.40. The van der Waals surface area contributed by atoms with Crippen LogP contribution in [0.3, 0.4) is 0 Å². The highest BCUT2D eigenvalue weighted by molar-refractivity contribution is 6.44. The number of hydrogen-bond acceptors (Lipinski definition) is 1. The molecule has 0 heterocycles. The number of Topliss-reactive ketones (excluding diaryl/α,β-unsaturated/α-hetero) is 1. The maximum absolute atomic E-state index is 13.4. The van der Waals surface area contributed by atoms with Gasteiger partial charge < -0.3 is 0 Å². The second kappa shape index (κ2) is 14.7. The van der Waals surface area contributed by atoms with Gasteiger partial charge in [0.25, 0.3) is 0 Å². The van der Waals surface area contributed by atoms with Crippen LogP contribution in [-0.4, -0.2) is 11.2 Å². The van der Waals surface area contributed by atoms with E-state index in [9.17, 15) is 4.79 Å². The minimum Gasteiger partial charge on any atom is -0.295 e. The van der Waals surface area contributed by atoms with Crippen LogP contribution in [0.4, 0.5) is 0 Å². The molecule has 2 rings (SSSR count). The molecule has 0 spiro atoms. The fourth-order valence-corrected chi connectivity index (χ4v) is 4.88. The summed E-state index contributed by atoms with van der Waals surface area (Å²) >= 11 is 13.6. The molecule has 0 aliphatic rings. The summed E-state index contributed by atoms with van der Waals surface area (Å²) in [6.07, 6.45) is 14.8. The van der Waals surface area contributed by atoms with Gasteiger partial charge in [-0.3, -0.25) is 4.79 Å². The van der Waals surface area contributed by atoms with Crippen molar-refractivity contribution < 1.29 is 4.79 Å². The lowest BCUT2D eigenvalue weighted by Crippen LogP contribution is -2.37. The third-order valence-electron chi connectivity index (χ3n) is 6.03. The smallest absolute Gasteiger partial charge is 0.180 e. The van der Waals surface area contributed by atoms with Crippen LogP contribution in [-0.2, 0) is 9.67 Å². The van der Waals surface area contributed by atoms with E-state index >= 15 is 0 Å². The number of unbranched alkanes of at least 4 members (excludes halogenated alkanes) is 10. The molecule has 0 N–H and O–H groups in total. The topological polar surface area (TPSA) is 17.1 Å². The van der Waals surface area contributed by atoms with Crippen LogP contribution >= 0.6 is 23.2 Å². The van der Waals surface area contributed by atoms with Gasteiger partial charge in [0.2, 0.25) is 0 Å². The molecule has 0 aromatic heterocycles. The second-order valence-electron chi connectivity index (χ2n) is 8.55. The van der Waals surface area contributed by atoms with E-state index in [-0.39, 0.29) is 5.78 Å². The predicted molar refractivity (Wildman–Crippen MR) is 135 cm³/mol. The first-order chi connectivity index (χ1) is 15.1. The van der Waals surface area contributed by atoms with E-state index in [4.69, 9.17) is 23.2 Å². The molecule has 0 fully saturated rings. The van der Waals surface area contributed by atoms with Crippen molar-refractivity contribution in [2.75, 3.05) is 0 Å². The van der Waals surface area contributed by atoms with Crippen molar-refractivity contribution in [3.8, 4) is 0 Å². The summed E-state index contributed by atoms with van der Waals surface area (Å²) in [4.78, 5) is 12.2. The molecule has 0 aliphatic carbocycles. The number of alkyl halides is 2. The molecule has 1 atom stereocenters. The molecular weight excluding hydrogens is 423 g/mol. The van der Waals surface area contributed by atoms with Gasteiger partial charge in [0.15, 0.2) is 10.7 Å². The van der Waals surface area contributed by atoms with Crippen LogP contribution in [0.5, 0.6) is 0 Å². The summed E-state index contributed by atoms with van der Waals surface area (Å²) in [5, 5.41) is -0.587. The minimum absolute atomic E-state index is 0.125. The van der Waals surface area contributed by atoms with E-state index in [1.165, 1.54) is 57.8 Å². The zero-order valence-corrected chi connectivity index (χ0v) is 20.5. The Morgan fingerprint density at radius 2 is 1.10 bits per heavy atom. The Morgan fingerprint density at radius 1 is 0.710 bits per heavy atom. The molecule has 0 saturated heterocycles. The molecule has 2 aromatic rings. The summed E-state index contributed by atoms with van der Waals surface area (Å²) in [6.45, 7) is 2.26. The first-order valence-corrected chi connectivity index (χ1v) is 12.9. The Hall–Kier alpha value is -1.31. The Labute approximate surface area is 199 Å². The number of rotatable bonds is 16. The van der Waals surface area contributed by atoms with Crippen molar-refractivity contribution in [1.29, 1.82) is 0 Å². The lowest BCUT2D eigenvalue weighted by molar-refractivity contribution is -0.120. The summed E-state index contributed by atoms with van der Waals surface area (Å²) in [5.74, 6) is -0.125. The molecule has 1 unspecified atom stereocenters. The van der Waals surface area contributed by atoms with Gasteiger partial charge in [0.05, 0.1) is 5.38 Å². The standard InChI is InChI=1S/C28H38Cl2O/c1-2-3-4-5-6-7-8-9-10-11-18-23-26(29)27(31)28(30,24-19-14-12-15-20-24)25-21-16-13-17-22-25/h12-17,19-22,26H,2-11,18,23H2,1H3. The molecule has 31 heavy (non-hydrogen) atoms. The zero-order chi connectivity index (χ0) is 22.4. The van der Waals surface area contributed by atoms with E-state index in [0.717, 1.165) is 24.0 Å². The SMILES string of the molecule is CCCCCCCCCCCCCC(Cl)C(=O)C(Cl)(c1ccccc1)c1ccccc1. The number of benzene rings is 2. The van der Waals surface area contributed by atoms with Gasteiger partial charge in [-0.25, -0.2) is 0 Å². The van der Waals surface area contributed by atoms with Crippen molar-refractivity contribution in [2.24, 2.45) is 0 Å². The largest absolute Gasteiger partial charge is 0.295 e. The Kier molecular flexibility index (Phi) is 12.3. The van der Waals surface area contributed by atoms with Crippen LogP contribution in [0.2, 0.25) is 0 Å². The third-order valence-corrected chi connectivity index (χ3v) is 7.07. The van der Waals surface area contributed by atoms with Crippen LogP contribution < -0.4 is 0 Å². The normalized spacial score (nSPS) is 12.6. The predicted octanol–water partition coefficient (Wildman–Crippen LogP) is 9.05. The highest BCUT2D eigenvalue weighted by atomic mass is 35.5. The number of carbonyl (C=O) groups excluding carboxylic acids is 1. The quantitative estimate of drug-likeness (QED) is 0.180. The van der Waals surface area contributed by atoms with Crippen molar-refractivity contribution in [1.82, 2.24) is 0 Å². The second-order valence-corrected chi connectivity index (χ2v) is 9.64. The van der Waals surface area contributed by atoms with E-state index < -0.39 is 10.3 Å². The Morgan fingerprint density at radius 3 is 1.52 bits per heavy atom. The van der Waals surface area contributed by atoms with Gasteiger partial charge in [-0.2, -0.15) is 0 Å². The zero-order valence-electron chi connectivity index (χ0n) is 19.0. The lowest BCUT2D eigenvalue weighted by Gasteiger charge is -2.29.